The summed E-state index contributed by atoms with van der Waals surface area (Å²) in [5, 5.41) is 7.11. The fraction of sp³-hybridized carbons (Fsp3) is 0.114. The van der Waals surface area contributed by atoms with E-state index in [2.05, 4.69) is 170 Å². The highest BCUT2D eigenvalue weighted by molar-refractivity contribution is 5.88. The molecule has 0 spiro atoms. The Kier molecular flexibility index (Phi) is 8.39. The Hall–Kier alpha value is -5.51. The molecule has 0 fully saturated rings. The summed E-state index contributed by atoms with van der Waals surface area (Å²) >= 11 is 0. The average Bonchev–Trinajstić information content (AvgIpc) is 3.35. The molecule has 6 aromatic rings. The fourth-order valence-electron chi connectivity index (χ4n) is 6.65. The molecule has 3 nitrogen and oxygen atoms in total. The fourth-order valence-corrected chi connectivity index (χ4v) is 6.65. The molecule has 0 aromatic heterocycles. The Bertz CT molecular complexity index is 2060. The minimum absolute atomic E-state index is 0.0350. The third kappa shape index (κ3) is 6.18. The van der Waals surface area contributed by atoms with Gasteiger partial charge in [-0.1, -0.05) is 141 Å². The Balaban J connectivity index is 1.13. The SMILES string of the molecule is CNC(/C=C(\N=C\c1ccc(Nc2ccccc2-c2ccc3c(c2)C(C)(C)c2ccccc2-3)cc1)c1ccccc1)c1ccccc1. The largest absolute Gasteiger partial charge is 0.355 e. The molecule has 1 atom stereocenters. The molecule has 1 aliphatic rings. The summed E-state index contributed by atoms with van der Waals surface area (Å²) in [5.41, 5.74) is 14.2. The molecule has 0 aliphatic heterocycles. The zero-order valence-electron chi connectivity index (χ0n) is 27.1. The Morgan fingerprint density at radius 2 is 1.28 bits per heavy atom. The zero-order chi connectivity index (χ0) is 32.2. The summed E-state index contributed by atoms with van der Waals surface area (Å²) in [7, 11) is 1.98. The predicted octanol–water partition coefficient (Wildman–Crippen LogP) is 10.8. The van der Waals surface area contributed by atoms with E-state index in [9.17, 15) is 0 Å². The number of likely N-dealkylation sites (N-methyl/N-ethyl adjacent to an activating group) is 1. The van der Waals surface area contributed by atoms with Crippen LogP contribution in [0.15, 0.2) is 163 Å². The van der Waals surface area contributed by atoms with Crippen LogP contribution in [-0.4, -0.2) is 13.3 Å². The summed E-state index contributed by atoms with van der Waals surface area (Å²) in [6, 6.07) is 53.6. The lowest BCUT2D eigenvalue weighted by molar-refractivity contribution is 0.660. The second-order valence-electron chi connectivity index (χ2n) is 12.6. The van der Waals surface area contributed by atoms with Crippen molar-refractivity contribution in [3.63, 3.8) is 0 Å². The van der Waals surface area contributed by atoms with Gasteiger partial charge < -0.3 is 10.6 Å². The quantitative estimate of drug-likeness (QED) is 0.160. The van der Waals surface area contributed by atoms with Gasteiger partial charge in [-0.3, -0.25) is 4.99 Å². The molecule has 0 saturated heterocycles. The maximum Gasteiger partial charge on any atom is 0.0681 e. The van der Waals surface area contributed by atoms with Crippen molar-refractivity contribution in [3.05, 3.63) is 186 Å². The van der Waals surface area contributed by atoms with Crippen LogP contribution in [0.1, 0.15) is 47.7 Å². The Morgan fingerprint density at radius 3 is 2.02 bits per heavy atom. The number of rotatable bonds is 9. The van der Waals surface area contributed by atoms with Crippen molar-refractivity contribution in [2.45, 2.75) is 25.3 Å². The van der Waals surface area contributed by atoms with Crippen LogP contribution in [0.5, 0.6) is 0 Å². The predicted molar refractivity (Wildman–Crippen MR) is 199 cm³/mol. The molecule has 6 aromatic carbocycles. The molecule has 0 bridgehead atoms. The lowest BCUT2D eigenvalue weighted by Gasteiger charge is -2.22. The van der Waals surface area contributed by atoms with Gasteiger partial charge in [0.1, 0.15) is 0 Å². The molecule has 0 saturated carbocycles. The number of benzene rings is 6. The number of para-hydroxylation sites is 1. The number of hydrogen-bond acceptors (Lipinski definition) is 3. The molecule has 47 heavy (non-hydrogen) atoms. The highest BCUT2D eigenvalue weighted by Crippen LogP contribution is 2.49. The van der Waals surface area contributed by atoms with Gasteiger partial charge in [-0.2, -0.15) is 0 Å². The summed E-state index contributed by atoms with van der Waals surface area (Å²) in [6.45, 7) is 4.66. The van der Waals surface area contributed by atoms with Crippen LogP contribution in [0.25, 0.3) is 28.0 Å². The van der Waals surface area contributed by atoms with Gasteiger partial charge in [0.2, 0.25) is 0 Å². The van der Waals surface area contributed by atoms with Crippen LogP contribution in [0, 0.1) is 0 Å². The van der Waals surface area contributed by atoms with Crippen molar-refractivity contribution in [2.75, 3.05) is 12.4 Å². The normalized spacial score (nSPS) is 14.1. The van der Waals surface area contributed by atoms with Gasteiger partial charge in [0.15, 0.2) is 0 Å². The van der Waals surface area contributed by atoms with Crippen molar-refractivity contribution < 1.29 is 0 Å². The minimum Gasteiger partial charge on any atom is -0.355 e. The summed E-state index contributed by atoms with van der Waals surface area (Å²) < 4.78 is 0. The molecule has 3 heteroatoms. The lowest BCUT2D eigenvalue weighted by atomic mass is 9.81. The molecule has 2 N–H and O–H groups in total. The first-order valence-electron chi connectivity index (χ1n) is 16.3. The number of hydrogen-bond donors (Lipinski definition) is 2. The molecule has 7 rings (SSSR count). The molecule has 1 aliphatic carbocycles. The second kappa shape index (κ2) is 13.1. The third-order valence-electron chi connectivity index (χ3n) is 9.23. The highest BCUT2D eigenvalue weighted by atomic mass is 14.9. The van der Waals surface area contributed by atoms with Gasteiger partial charge in [0, 0.05) is 28.6 Å². The van der Waals surface area contributed by atoms with Crippen LogP contribution < -0.4 is 10.6 Å². The first-order valence-corrected chi connectivity index (χ1v) is 16.3. The maximum atomic E-state index is 4.98. The number of aliphatic imine (C=N–C) groups is 1. The van der Waals surface area contributed by atoms with Gasteiger partial charge >= 0.3 is 0 Å². The molecule has 0 radical (unpaired) electrons. The molecule has 0 heterocycles. The van der Waals surface area contributed by atoms with Crippen molar-refractivity contribution in [3.8, 4) is 22.3 Å². The lowest BCUT2D eigenvalue weighted by Crippen LogP contribution is -2.14. The number of anilines is 2. The molecule has 0 amide bonds. The molecule has 230 valence electrons. The van der Waals surface area contributed by atoms with E-state index in [1.54, 1.807) is 0 Å². The maximum absolute atomic E-state index is 4.98. The highest BCUT2D eigenvalue weighted by Gasteiger charge is 2.35. The molecule has 1 unspecified atom stereocenters. The van der Waals surface area contributed by atoms with Gasteiger partial charge in [-0.25, -0.2) is 0 Å². The summed E-state index contributed by atoms with van der Waals surface area (Å²) in [5.74, 6) is 0. The smallest absolute Gasteiger partial charge is 0.0681 e. The van der Waals surface area contributed by atoms with E-state index in [4.69, 9.17) is 4.99 Å². The van der Waals surface area contributed by atoms with Crippen LogP contribution in [0.3, 0.4) is 0 Å². The average molecular weight is 610 g/mol. The van der Waals surface area contributed by atoms with E-state index < -0.39 is 0 Å². The standard InChI is InChI=1S/C44H39N3/c1-44(2)39-20-12-10-19-37(39)38-27-24-34(28-40(38)44)36-18-11-13-21-41(36)47-35-25-22-31(23-26-35)30-46-43(33-16-8-5-9-17-33)29-42(45-3)32-14-6-4-7-15-32/h4-30,42,45,47H,1-3H3/b43-29-,46-30+. The van der Waals surface area contributed by atoms with E-state index in [1.807, 2.05) is 25.4 Å². The number of nitrogens with zero attached hydrogens (tertiary/aromatic N) is 1. The third-order valence-corrected chi connectivity index (χ3v) is 9.23. The van der Waals surface area contributed by atoms with Gasteiger partial charge in [0.05, 0.1) is 11.7 Å². The van der Waals surface area contributed by atoms with Crippen molar-refractivity contribution in [2.24, 2.45) is 4.99 Å². The monoisotopic (exact) mass is 609 g/mol. The first-order chi connectivity index (χ1) is 23.0. The van der Waals surface area contributed by atoms with Crippen molar-refractivity contribution in [1.82, 2.24) is 5.32 Å². The first kappa shape index (κ1) is 30.2. The number of fused-ring (bicyclic) bond motifs is 3. The van der Waals surface area contributed by atoms with Gasteiger partial charge in [0.25, 0.3) is 0 Å². The van der Waals surface area contributed by atoms with Crippen LogP contribution in [0.2, 0.25) is 0 Å². The van der Waals surface area contributed by atoms with Crippen molar-refractivity contribution in [1.29, 1.82) is 0 Å². The van der Waals surface area contributed by atoms with Crippen molar-refractivity contribution >= 4 is 23.3 Å². The van der Waals surface area contributed by atoms with Gasteiger partial charge in [-0.05, 0) is 81.9 Å². The van der Waals surface area contributed by atoms with E-state index in [0.29, 0.717) is 0 Å². The number of nitrogens with one attached hydrogen (secondary N) is 2. The summed E-state index contributed by atoms with van der Waals surface area (Å²) in [4.78, 5) is 4.98. The molecular formula is C44H39N3. The Morgan fingerprint density at radius 1 is 0.638 bits per heavy atom. The van der Waals surface area contributed by atoms with Crippen LogP contribution in [-0.2, 0) is 5.41 Å². The van der Waals surface area contributed by atoms with E-state index in [-0.39, 0.29) is 11.5 Å². The van der Waals surface area contributed by atoms with E-state index >= 15 is 0 Å². The van der Waals surface area contributed by atoms with Crippen LogP contribution in [0.4, 0.5) is 11.4 Å². The van der Waals surface area contributed by atoms with E-state index in [1.165, 1.54) is 38.9 Å². The minimum atomic E-state index is -0.0350. The van der Waals surface area contributed by atoms with Gasteiger partial charge in [-0.15, -0.1) is 0 Å². The van der Waals surface area contributed by atoms with E-state index in [0.717, 1.165) is 28.2 Å². The molecular weight excluding hydrogens is 571 g/mol. The van der Waals surface area contributed by atoms with Crippen LogP contribution >= 0.6 is 0 Å². The zero-order valence-corrected chi connectivity index (χ0v) is 27.1. The topological polar surface area (TPSA) is 36.4 Å². The Labute approximate surface area is 278 Å². The summed E-state index contributed by atoms with van der Waals surface area (Å²) in [6.07, 6.45) is 4.13. The second-order valence-corrected chi connectivity index (χ2v) is 12.6.